The molecule has 0 fully saturated rings. The number of hydrogen-bond acceptors (Lipinski definition) is 2. The van der Waals surface area contributed by atoms with Crippen LogP contribution in [0.25, 0.3) is 15.7 Å². The number of allylic oxidation sites excluding steroid dienone is 1. The van der Waals surface area contributed by atoms with Crippen molar-refractivity contribution in [3.63, 3.8) is 0 Å². The maximum atomic E-state index is 7.51. The molecule has 0 aliphatic rings. The Morgan fingerprint density at radius 2 is 1.71 bits per heavy atom. The number of fused-ring (bicyclic) bond motifs is 1. The fourth-order valence-electron chi connectivity index (χ4n) is 1.61. The van der Waals surface area contributed by atoms with Gasteiger partial charge in [0.15, 0.2) is 0 Å². The van der Waals surface area contributed by atoms with Crippen molar-refractivity contribution in [1.82, 2.24) is 9.78 Å². The van der Waals surface area contributed by atoms with Crippen molar-refractivity contribution in [3.8, 4) is 6.07 Å². The monoisotopic (exact) mass is 328 g/mol. The van der Waals surface area contributed by atoms with Crippen molar-refractivity contribution < 1.29 is 0 Å². The molecule has 1 heterocycles. The van der Waals surface area contributed by atoms with E-state index in [1.165, 1.54) is 11.5 Å². The molecule has 0 saturated carbocycles. The van der Waals surface area contributed by atoms with E-state index < -0.39 is 0 Å². The Hall–Kier alpha value is -2.59. The van der Waals surface area contributed by atoms with Crippen LogP contribution in [0.1, 0.15) is 47.2 Å². The minimum Gasteiger partial charge on any atom is -0.315 e. The molecule has 2 rings (SSSR count). The van der Waals surface area contributed by atoms with Crippen molar-refractivity contribution in [2.24, 2.45) is 0 Å². The van der Waals surface area contributed by atoms with Crippen LogP contribution in [0.3, 0.4) is 0 Å². The molecule has 0 aliphatic carbocycles. The maximum Gasteiger partial charge on any atom is 0.234 e. The SMILES string of the molecule is C=CC#N.CC.CC.CC.[C-]#[N+]CCn1nc(C)c2ccccc21. The molecule has 1 aromatic heterocycles. The van der Waals surface area contributed by atoms with Gasteiger partial charge in [-0.05, 0) is 13.0 Å². The zero-order valence-electron chi connectivity index (χ0n) is 16.3. The predicted molar refractivity (Wildman–Crippen MR) is 106 cm³/mol. The molecular formula is C20H32N4. The third-order valence-electron chi connectivity index (χ3n) is 2.36. The standard InChI is InChI=1S/C11H11N3.C3H3N.3C2H6/c1-9-10-5-3-4-6-11(10)14(13-9)8-7-12-2;1-2-3-4;3*1-2/h3-6H,7-8H2,1H3;2H,1H2;3*1-2H3. The summed E-state index contributed by atoms with van der Waals surface area (Å²) in [6.07, 6.45) is 1.18. The van der Waals surface area contributed by atoms with Gasteiger partial charge in [0.2, 0.25) is 6.54 Å². The lowest BCUT2D eigenvalue weighted by Gasteiger charge is -1.96. The van der Waals surface area contributed by atoms with Crippen LogP contribution in [0.4, 0.5) is 0 Å². The number of aryl methyl sites for hydroxylation is 1. The first-order chi connectivity index (χ1) is 11.7. The number of nitriles is 1. The van der Waals surface area contributed by atoms with Gasteiger partial charge in [-0.3, -0.25) is 4.68 Å². The van der Waals surface area contributed by atoms with Gasteiger partial charge in [0.05, 0.1) is 17.3 Å². The molecule has 0 atom stereocenters. The summed E-state index contributed by atoms with van der Waals surface area (Å²) in [5.74, 6) is 0. The molecule has 0 unspecified atom stereocenters. The van der Waals surface area contributed by atoms with Crippen LogP contribution < -0.4 is 0 Å². The number of nitrogens with zero attached hydrogens (tertiary/aromatic N) is 4. The minimum absolute atomic E-state index is 0.491. The molecule has 2 aromatic rings. The van der Waals surface area contributed by atoms with Crippen molar-refractivity contribution in [2.75, 3.05) is 6.54 Å². The quantitative estimate of drug-likeness (QED) is 0.498. The first-order valence-corrected chi connectivity index (χ1v) is 8.50. The van der Waals surface area contributed by atoms with Crippen LogP contribution >= 0.6 is 0 Å². The second kappa shape index (κ2) is 20.4. The van der Waals surface area contributed by atoms with E-state index in [1.54, 1.807) is 6.07 Å². The Labute approximate surface area is 148 Å². The molecule has 4 heteroatoms. The minimum atomic E-state index is 0.491. The van der Waals surface area contributed by atoms with E-state index in [0.717, 1.165) is 11.2 Å². The first kappa shape index (κ1) is 26.3. The summed E-state index contributed by atoms with van der Waals surface area (Å²) in [6, 6.07) is 9.80. The van der Waals surface area contributed by atoms with Crippen LogP contribution in [-0.4, -0.2) is 16.3 Å². The van der Waals surface area contributed by atoms with Crippen LogP contribution in [0.5, 0.6) is 0 Å². The summed E-state index contributed by atoms with van der Waals surface area (Å²) in [5.41, 5.74) is 2.15. The lowest BCUT2D eigenvalue weighted by molar-refractivity contribution is 0.664. The molecule has 0 spiro atoms. The maximum absolute atomic E-state index is 7.51. The number of hydrogen-bond donors (Lipinski definition) is 0. The average molecular weight is 329 g/mol. The van der Waals surface area contributed by atoms with E-state index in [1.807, 2.05) is 71.3 Å². The summed E-state index contributed by atoms with van der Waals surface area (Å²) in [6.45, 7) is 25.0. The van der Waals surface area contributed by atoms with Crippen molar-refractivity contribution in [3.05, 3.63) is 54.0 Å². The molecule has 132 valence electrons. The highest BCUT2D eigenvalue weighted by Crippen LogP contribution is 2.16. The second-order valence-corrected chi connectivity index (χ2v) is 3.54. The van der Waals surface area contributed by atoms with Crippen molar-refractivity contribution >= 4 is 10.9 Å². The van der Waals surface area contributed by atoms with Crippen LogP contribution in [0.2, 0.25) is 0 Å². The fraction of sp³-hybridized carbons (Fsp3) is 0.450. The highest BCUT2D eigenvalue weighted by molar-refractivity contribution is 5.81. The lowest BCUT2D eigenvalue weighted by Crippen LogP contribution is -2.01. The van der Waals surface area contributed by atoms with Gasteiger partial charge in [0.25, 0.3) is 0 Å². The van der Waals surface area contributed by atoms with Gasteiger partial charge in [-0.1, -0.05) is 66.3 Å². The van der Waals surface area contributed by atoms with Gasteiger partial charge in [-0.25, -0.2) is 6.57 Å². The van der Waals surface area contributed by atoms with Gasteiger partial charge in [-0.15, -0.1) is 0 Å². The van der Waals surface area contributed by atoms with Crippen LogP contribution in [-0.2, 0) is 6.54 Å². The molecule has 0 aliphatic heterocycles. The number of para-hydroxylation sites is 1. The summed E-state index contributed by atoms with van der Waals surface area (Å²) < 4.78 is 1.91. The van der Waals surface area contributed by atoms with Gasteiger partial charge >= 0.3 is 0 Å². The third kappa shape index (κ3) is 10.2. The molecule has 4 nitrogen and oxygen atoms in total. The van der Waals surface area contributed by atoms with Crippen LogP contribution in [0.15, 0.2) is 36.9 Å². The fourth-order valence-corrected chi connectivity index (χ4v) is 1.61. The molecule has 0 saturated heterocycles. The number of aromatic nitrogens is 2. The van der Waals surface area contributed by atoms with Crippen LogP contribution in [0, 0.1) is 24.8 Å². The van der Waals surface area contributed by atoms with Gasteiger partial charge < -0.3 is 4.85 Å². The van der Waals surface area contributed by atoms with E-state index >= 15 is 0 Å². The Balaban J connectivity index is -0.000000375. The normalized spacial score (nSPS) is 7.38. The highest BCUT2D eigenvalue weighted by atomic mass is 15.3. The Morgan fingerprint density at radius 1 is 1.21 bits per heavy atom. The molecule has 0 radical (unpaired) electrons. The second-order valence-electron chi connectivity index (χ2n) is 3.54. The van der Waals surface area contributed by atoms with Crippen molar-refractivity contribution in [1.29, 1.82) is 5.26 Å². The number of benzene rings is 1. The summed E-state index contributed by atoms with van der Waals surface area (Å²) in [5, 5.41) is 13.1. The first-order valence-electron chi connectivity index (χ1n) is 8.50. The summed E-state index contributed by atoms with van der Waals surface area (Å²) in [7, 11) is 0. The molecule has 1 aromatic carbocycles. The molecular weight excluding hydrogens is 296 g/mol. The topological polar surface area (TPSA) is 46.0 Å². The number of rotatable bonds is 2. The van der Waals surface area contributed by atoms with E-state index in [9.17, 15) is 0 Å². The molecule has 0 amide bonds. The average Bonchev–Trinajstić information content (AvgIpc) is 3.01. The largest absolute Gasteiger partial charge is 0.315 e. The Bertz CT molecular complexity index is 613. The predicted octanol–water partition coefficient (Wildman–Crippen LogP) is 6.04. The summed E-state index contributed by atoms with van der Waals surface area (Å²) >= 11 is 0. The van der Waals surface area contributed by atoms with E-state index in [4.69, 9.17) is 11.8 Å². The molecule has 24 heavy (non-hydrogen) atoms. The smallest absolute Gasteiger partial charge is 0.234 e. The zero-order valence-corrected chi connectivity index (χ0v) is 16.3. The zero-order chi connectivity index (χ0) is 19.4. The van der Waals surface area contributed by atoms with Gasteiger partial charge in [0, 0.05) is 11.5 Å². The molecule has 0 N–H and O–H groups in total. The van der Waals surface area contributed by atoms with E-state index in [0.29, 0.717) is 13.1 Å². The lowest BCUT2D eigenvalue weighted by atomic mass is 10.2. The summed E-state index contributed by atoms with van der Waals surface area (Å²) in [4.78, 5) is 3.34. The van der Waals surface area contributed by atoms with Crippen molar-refractivity contribution in [2.45, 2.75) is 55.0 Å². The van der Waals surface area contributed by atoms with Gasteiger partial charge in [-0.2, -0.15) is 10.4 Å². The van der Waals surface area contributed by atoms with E-state index in [-0.39, 0.29) is 0 Å². The third-order valence-corrected chi connectivity index (χ3v) is 2.36. The molecule has 0 bridgehead atoms. The Morgan fingerprint density at radius 3 is 2.17 bits per heavy atom. The Kier molecular flexibility index (Phi) is 22.4. The van der Waals surface area contributed by atoms with Gasteiger partial charge in [0.1, 0.15) is 6.54 Å². The van der Waals surface area contributed by atoms with E-state index in [2.05, 4.69) is 22.6 Å². The highest BCUT2D eigenvalue weighted by Gasteiger charge is 2.05.